The van der Waals surface area contributed by atoms with Gasteiger partial charge in [0, 0.05) is 5.82 Å². The third-order valence-electron chi connectivity index (χ3n) is 0.634. The van der Waals surface area contributed by atoms with E-state index in [1.807, 2.05) is 0 Å². The van der Waals surface area contributed by atoms with E-state index >= 15 is 0 Å². The predicted octanol–water partition coefficient (Wildman–Crippen LogP) is 0.981. The summed E-state index contributed by atoms with van der Waals surface area (Å²) in [6.45, 7) is 3.19. The average molecular weight is 214 g/mol. The van der Waals surface area contributed by atoms with E-state index in [-0.39, 0.29) is 0 Å². The van der Waals surface area contributed by atoms with E-state index in [1.165, 1.54) is 6.08 Å². The zero-order valence-electron chi connectivity index (χ0n) is 5.90. The van der Waals surface area contributed by atoms with Gasteiger partial charge in [-0.2, -0.15) is 0 Å². The van der Waals surface area contributed by atoms with Gasteiger partial charge in [0.25, 0.3) is 0 Å². The molecule has 0 heterocycles. The first-order chi connectivity index (χ1) is 5.27. The highest BCUT2D eigenvalue weighted by Gasteiger charge is 2.27. The average Bonchev–Trinajstić information content (AvgIpc) is 1.78. The molecule has 0 aliphatic carbocycles. The Bertz CT molecular complexity index is 275. The molecule has 0 rings (SSSR count). The van der Waals surface area contributed by atoms with E-state index in [9.17, 15) is 9.13 Å². The molecule has 0 spiro atoms. The Labute approximate surface area is 69.0 Å². The van der Waals surface area contributed by atoms with E-state index < -0.39 is 15.4 Å². The lowest BCUT2D eigenvalue weighted by molar-refractivity contribution is 0.267. The molecule has 0 aromatic heterocycles. The maximum Gasteiger partial charge on any atom is 0.477 e. The van der Waals surface area contributed by atoms with Gasteiger partial charge >= 0.3 is 15.4 Å². The fourth-order valence-electron chi connectivity index (χ4n) is 0.349. The van der Waals surface area contributed by atoms with Crippen LogP contribution in [0.2, 0.25) is 0 Å². The van der Waals surface area contributed by atoms with E-state index in [0.29, 0.717) is 5.82 Å². The minimum atomic E-state index is -4.93. The first kappa shape index (κ1) is 11.8. The molecular formula is C4H8O6P2. The largest absolute Gasteiger partial charge is 0.477 e. The molecular weight excluding hydrogens is 206 g/mol. The summed E-state index contributed by atoms with van der Waals surface area (Å²) in [6.07, 6.45) is 2.22. The summed E-state index contributed by atoms with van der Waals surface area (Å²) in [5, 5.41) is 0. The van der Waals surface area contributed by atoms with Crippen molar-refractivity contribution in [3.8, 4) is 0 Å². The van der Waals surface area contributed by atoms with Gasteiger partial charge in [-0.3, -0.25) is 4.57 Å². The SMILES string of the molecule is C=CC=CP(=O)(O)OP(=O)(O)O. The van der Waals surface area contributed by atoms with Gasteiger partial charge in [0.2, 0.25) is 0 Å². The van der Waals surface area contributed by atoms with Crippen LogP contribution in [-0.2, 0) is 13.4 Å². The van der Waals surface area contributed by atoms with Crippen molar-refractivity contribution < 1.29 is 28.1 Å². The van der Waals surface area contributed by atoms with Crippen LogP contribution >= 0.6 is 15.4 Å². The second-order valence-corrected chi connectivity index (χ2v) is 4.77. The van der Waals surface area contributed by atoms with Gasteiger partial charge in [-0.15, -0.1) is 0 Å². The molecule has 6 nitrogen and oxygen atoms in total. The maximum atomic E-state index is 10.7. The second-order valence-electron chi connectivity index (χ2n) is 1.71. The van der Waals surface area contributed by atoms with Crippen LogP contribution in [0.3, 0.4) is 0 Å². The summed E-state index contributed by atoms with van der Waals surface area (Å²) in [5.74, 6) is 0.624. The Morgan fingerprint density at radius 3 is 2.08 bits per heavy atom. The Kier molecular flexibility index (Phi) is 4.06. The highest BCUT2D eigenvalue weighted by molar-refractivity contribution is 7.65. The molecule has 0 saturated heterocycles. The van der Waals surface area contributed by atoms with Crippen molar-refractivity contribution in [2.45, 2.75) is 0 Å². The standard InChI is InChI=1S/C4H8O6P2/c1-2-3-4-11(5,6)10-12(7,8)9/h2-4H,1H2,(H,5,6)(H2,7,8,9). The summed E-state index contributed by atoms with van der Waals surface area (Å²) in [6, 6.07) is 0. The summed E-state index contributed by atoms with van der Waals surface area (Å²) < 4.78 is 24.4. The summed E-state index contributed by atoms with van der Waals surface area (Å²) in [4.78, 5) is 25.0. The van der Waals surface area contributed by atoms with Gasteiger partial charge in [-0.25, -0.2) is 8.88 Å². The van der Waals surface area contributed by atoms with Crippen LogP contribution in [0.4, 0.5) is 0 Å². The quantitative estimate of drug-likeness (QED) is 0.476. The Morgan fingerprint density at radius 2 is 1.75 bits per heavy atom. The fraction of sp³-hybridized carbons (Fsp3) is 0. The third-order valence-corrected chi connectivity index (χ3v) is 2.97. The molecule has 1 atom stereocenters. The van der Waals surface area contributed by atoms with Crippen molar-refractivity contribution in [2.24, 2.45) is 0 Å². The van der Waals surface area contributed by atoms with Crippen LogP contribution in [0.25, 0.3) is 0 Å². The van der Waals surface area contributed by atoms with Gasteiger partial charge < -0.3 is 14.7 Å². The molecule has 1 unspecified atom stereocenters. The zero-order valence-corrected chi connectivity index (χ0v) is 7.69. The van der Waals surface area contributed by atoms with E-state index in [0.717, 1.165) is 6.08 Å². The van der Waals surface area contributed by atoms with Crippen LogP contribution in [0, 0.1) is 0 Å². The number of hydrogen-bond donors (Lipinski definition) is 3. The molecule has 0 aliphatic heterocycles. The third kappa shape index (κ3) is 6.49. The zero-order chi connectivity index (χ0) is 9.83. The first-order valence-electron chi connectivity index (χ1n) is 2.66. The van der Waals surface area contributed by atoms with Gasteiger partial charge in [0.05, 0.1) is 0 Å². The molecule has 0 saturated carbocycles. The summed E-state index contributed by atoms with van der Waals surface area (Å²) in [7, 11) is -9.27. The van der Waals surface area contributed by atoms with Crippen LogP contribution < -0.4 is 0 Å². The highest BCUT2D eigenvalue weighted by Crippen LogP contribution is 2.57. The lowest BCUT2D eigenvalue weighted by Crippen LogP contribution is -1.83. The normalized spacial score (nSPS) is 17.6. The Hall–Kier alpha value is -0.220. The molecule has 0 fully saturated rings. The lowest BCUT2D eigenvalue weighted by Gasteiger charge is -2.07. The van der Waals surface area contributed by atoms with Crippen LogP contribution in [0.15, 0.2) is 24.5 Å². The van der Waals surface area contributed by atoms with Crippen molar-refractivity contribution in [1.82, 2.24) is 0 Å². The second kappa shape index (κ2) is 4.14. The van der Waals surface area contributed by atoms with Crippen molar-refractivity contribution in [3.05, 3.63) is 24.5 Å². The maximum absolute atomic E-state index is 10.7. The molecule has 0 radical (unpaired) electrons. The number of rotatable bonds is 4. The molecule has 0 aromatic rings. The molecule has 0 amide bonds. The molecule has 0 bridgehead atoms. The van der Waals surface area contributed by atoms with Gasteiger partial charge in [0.15, 0.2) is 0 Å². The minimum Gasteiger partial charge on any atom is -0.321 e. The fourth-order valence-corrected chi connectivity index (χ4v) is 2.13. The van der Waals surface area contributed by atoms with Crippen LogP contribution in [0.5, 0.6) is 0 Å². The van der Waals surface area contributed by atoms with Crippen molar-refractivity contribution >= 4 is 15.4 Å². The van der Waals surface area contributed by atoms with Crippen molar-refractivity contribution in [3.63, 3.8) is 0 Å². The van der Waals surface area contributed by atoms with Crippen molar-refractivity contribution in [2.75, 3.05) is 0 Å². The molecule has 0 aliphatic rings. The number of hydrogen-bond acceptors (Lipinski definition) is 3. The smallest absolute Gasteiger partial charge is 0.321 e. The molecule has 12 heavy (non-hydrogen) atoms. The predicted molar refractivity (Wildman–Crippen MR) is 42.3 cm³/mol. The van der Waals surface area contributed by atoms with Crippen LogP contribution in [0.1, 0.15) is 0 Å². The lowest BCUT2D eigenvalue weighted by atomic mass is 10.6. The summed E-state index contributed by atoms with van der Waals surface area (Å²) in [5.41, 5.74) is 0. The van der Waals surface area contributed by atoms with Crippen LogP contribution in [-0.4, -0.2) is 14.7 Å². The highest BCUT2D eigenvalue weighted by atomic mass is 31.3. The molecule has 8 heteroatoms. The monoisotopic (exact) mass is 214 g/mol. The topological polar surface area (TPSA) is 104 Å². The molecule has 3 N–H and O–H groups in total. The molecule has 70 valence electrons. The Morgan fingerprint density at radius 1 is 1.25 bits per heavy atom. The minimum absolute atomic E-state index is 0.624. The van der Waals surface area contributed by atoms with Gasteiger partial charge in [-0.1, -0.05) is 18.7 Å². The van der Waals surface area contributed by atoms with E-state index in [1.54, 1.807) is 0 Å². The molecule has 0 aromatic carbocycles. The number of phosphoric acid groups is 1. The Balaban J connectivity index is 4.44. The van der Waals surface area contributed by atoms with E-state index in [4.69, 9.17) is 14.7 Å². The number of allylic oxidation sites excluding steroid dienone is 2. The van der Waals surface area contributed by atoms with E-state index in [2.05, 4.69) is 10.9 Å². The first-order valence-corrected chi connectivity index (χ1v) is 5.84. The van der Waals surface area contributed by atoms with Gasteiger partial charge in [0.1, 0.15) is 0 Å². The summed E-state index contributed by atoms with van der Waals surface area (Å²) >= 11 is 0. The van der Waals surface area contributed by atoms with Crippen molar-refractivity contribution in [1.29, 1.82) is 0 Å². The van der Waals surface area contributed by atoms with Gasteiger partial charge in [-0.05, 0) is 0 Å².